The second-order valence-electron chi connectivity index (χ2n) is 5.26. The maximum atomic E-state index is 12.0. The number of methoxy groups -OCH3 is 1. The Balaban J connectivity index is 1.78. The van der Waals surface area contributed by atoms with E-state index in [2.05, 4.69) is 22.8 Å². The van der Waals surface area contributed by atoms with Gasteiger partial charge in [-0.2, -0.15) is 0 Å². The smallest absolute Gasteiger partial charge is 0.319 e. The summed E-state index contributed by atoms with van der Waals surface area (Å²) in [6.07, 6.45) is 1.84. The molecule has 0 aliphatic rings. The van der Waals surface area contributed by atoms with Crippen LogP contribution in [0.5, 0.6) is 5.75 Å². The van der Waals surface area contributed by atoms with Crippen LogP contribution in [0.15, 0.2) is 54.6 Å². The number of carbonyl (C=O) groups excluding carboxylic acids is 1. The highest BCUT2D eigenvalue weighted by Gasteiger charge is 2.08. The number of benzene rings is 2. The molecule has 2 amide bonds. The molecule has 116 valence electrons. The predicted octanol–water partition coefficient (Wildman–Crippen LogP) is 3.84. The molecule has 0 fully saturated rings. The van der Waals surface area contributed by atoms with Gasteiger partial charge in [-0.05, 0) is 37.5 Å². The third-order valence-corrected chi connectivity index (χ3v) is 3.41. The van der Waals surface area contributed by atoms with Crippen molar-refractivity contribution >= 4 is 11.7 Å². The molecular weight excluding hydrogens is 276 g/mol. The Morgan fingerprint density at radius 1 is 1.14 bits per heavy atom. The first-order valence-electron chi connectivity index (χ1n) is 7.43. The van der Waals surface area contributed by atoms with Crippen LogP contribution in [0.1, 0.15) is 18.9 Å². The molecule has 0 aromatic heterocycles. The normalized spacial score (nSPS) is 11.5. The quantitative estimate of drug-likeness (QED) is 0.851. The van der Waals surface area contributed by atoms with Gasteiger partial charge in [0.15, 0.2) is 0 Å². The summed E-state index contributed by atoms with van der Waals surface area (Å²) in [6.45, 7) is 2.01. The summed E-state index contributed by atoms with van der Waals surface area (Å²) in [4.78, 5) is 12.0. The first-order valence-corrected chi connectivity index (χ1v) is 7.43. The van der Waals surface area contributed by atoms with Gasteiger partial charge in [0.25, 0.3) is 0 Å². The van der Waals surface area contributed by atoms with Gasteiger partial charge in [-0.3, -0.25) is 0 Å². The highest BCUT2D eigenvalue weighted by Crippen LogP contribution is 2.16. The average Bonchev–Trinajstić information content (AvgIpc) is 2.54. The summed E-state index contributed by atoms with van der Waals surface area (Å²) in [5.41, 5.74) is 2.00. The number of hydrogen-bond acceptors (Lipinski definition) is 2. The maximum Gasteiger partial charge on any atom is 0.319 e. The van der Waals surface area contributed by atoms with Crippen LogP contribution in [0.25, 0.3) is 0 Å². The fourth-order valence-corrected chi connectivity index (χ4v) is 2.19. The third-order valence-electron chi connectivity index (χ3n) is 3.41. The van der Waals surface area contributed by atoms with Crippen LogP contribution in [0.4, 0.5) is 10.5 Å². The van der Waals surface area contributed by atoms with E-state index in [-0.39, 0.29) is 12.1 Å². The van der Waals surface area contributed by atoms with Gasteiger partial charge in [-0.25, -0.2) is 4.79 Å². The highest BCUT2D eigenvalue weighted by atomic mass is 16.5. The summed E-state index contributed by atoms with van der Waals surface area (Å²) < 4.78 is 5.13. The molecule has 1 atom stereocenters. The van der Waals surface area contributed by atoms with Crippen LogP contribution in [-0.2, 0) is 6.42 Å². The molecule has 2 aromatic rings. The molecule has 0 spiro atoms. The highest BCUT2D eigenvalue weighted by molar-refractivity contribution is 5.89. The van der Waals surface area contributed by atoms with Crippen LogP contribution >= 0.6 is 0 Å². The minimum atomic E-state index is -0.200. The summed E-state index contributed by atoms with van der Waals surface area (Å²) >= 11 is 0. The molecule has 2 rings (SSSR count). The van der Waals surface area contributed by atoms with E-state index in [1.165, 1.54) is 5.56 Å². The molecule has 0 aliphatic carbocycles. The van der Waals surface area contributed by atoms with E-state index >= 15 is 0 Å². The van der Waals surface area contributed by atoms with Crippen LogP contribution in [0.3, 0.4) is 0 Å². The predicted molar refractivity (Wildman–Crippen MR) is 89.4 cm³/mol. The van der Waals surface area contributed by atoms with Crippen LogP contribution < -0.4 is 15.4 Å². The van der Waals surface area contributed by atoms with E-state index in [0.717, 1.165) is 18.6 Å². The SMILES string of the molecule is COc1cccc(NC(=O)N[C@H](C)CCc2ccccc2)c1. The van der Waals surface area contributed by atoms with Gasteiger partial charge in [0.1, 0.15) is 5.75 Å². The first kappa shape index (κ1) is 15.9. The van der Waals surface area contributed by atoms with Crippen molar-refractivity contribution in [2.75, 3.05) is 12.4 Å². The van der Waals surface area contributed by atoms with E-state index in [1.54, 1.807) is 13.2 Å². The second-order valence-corrected chi connectivity index (χ2v) is 5.26. The number of carbonyl (C=O) groups is 1. The molecule has 0 heterocycles. The topological polar surface area (TPSA) is 50.4 Å². The van der Waals surface area contributed by atoms with Gasteiger partial charge >= 0.3 is 6.03 Å². The zero-order valence-corrected chi connectivity index (χ0v) is 13.0. The van der Waals surface area contributed by atoms with Crippen molar-refractivity contribution in [3.05, 3.63) is 60.2 Å². The molecule has 0 bridgehead atoms. The number of nitrogens with one attached hydrogen (secondary N) is 2. The lowest BCUT2D eigenvalue weighted by Gasteiger charge is -2.15. The maximum absolute atomic E-state index is 12.0. The molecule has 4 nitrogen and oxygen atoms in total. The number of hydrogen-bond donors (Lipinski definition) is 2. The molecule has 2 aromatic carbocycles. The van der Waals surface area contributed by atoms with E-state index < -0.39 is 0 Å². The lowest BCUT2D eigenvalue weighted by atomic mass is 10.1. The molecular formula is C18H22N2O2. The Kier molecular flexibility index (Phi) is 5.83. The fraction of sp³-hybridized carbons (Fsp3) is 0.278. The van der Waals surface area contributed by atoms with Crippen molar-refractivity contribution < 1.29 is 9.53 Å². The summed E-state index contributed by atoms with van der Waals surface area (Å²) in [5, 5.41) is 5.76. The zero-order valence-electron chi connectivity index (χ0n) is 13.0. The van der Waals surface area contributed by atoms with Gasteiger partial charge < -0.3 is 15.4 Å². The van der Waals surface area contributed by atoms with Crippen LogP contribution in [0, 0.1) is 0 Å². The number of anilines is 1. The Bertz CT molecular complexity index is 599. The van der Waals surface area contributed by atoms with Gasteiger partial charge in [-0.1, -0.05) is 36.4 Å². The van der Waals surface area contributed by atoms with Gasteiger partial charge in [0, 0.05) is 17.8 Å². The minimum absolute atomic E-state index is 0.103. The molecule has 0 aliphatic heterocycles. The number of rotatable bonds is 6. The molecule has 2 N–H and O–H groups in total. The van der Waals surface area contributed by atoms with Crippen molar-refractivity contribution in [1.29, 1.82) is 0 Å². The lowest BCUT2D eigenvalue weighted by molar-refractivity contribution is 0.248. The third kappa shape index (κ3) is 5.13. The second kappa shape index (κ2) is 8.08. The summed E-state index contributed by atoms with van der Waals surface area (Å²) in [7, 11) is 1.60. The summed E-state index contributed by atoms with van der Waals surface area (Å²) in [6, 6.07) is 17.5. The van der Waals surface area contributed by atoms with Crippen molar-refractivity contribution in [2.45, 2.75) is 25.8 Å². The Morgan fingerprint density at radius 3 is 2.64 bits per heavy atom. The molecule has 22 heavy (non-hydrogen) atoms. The molecule has 0 saturated heterocycles. The number of ether oxygens (including phenoxy) is 1. The standard InChI is InChI=1S/C18H22N2O2/c1-14(11-12-15-7-4-3-5-8-15)19-18(21)20-16-9-6-10-17(13-16)22-2/h3-10,13-14H,11-12H2,1-2H3,(H2,19,20,21)/t14-/m1/s1. The monoisotopic (exact) mass is 298 g/mol. The van der Waals surface area contributed by atoms with Crippen molar-refractivity contribution in [3.8, 4) is 5.75 Å². The molecule has 0 radical (unpaired) electrons. The van der Waals surface area contributed by atoms with Gasteiger partial charge in [0.05, 0.1) is 7.11 Å². The van der Waals surface area contributed by atoms with E-state index in [9.17, 15) is 4.79 Å². The lowest BCUT2D eigenvalue weighted by Crippen LogP contribution is -2.36. The Labute approximate surface area is 131 Å². The number of aryl methyl sites for hydroxylation is 1. The molecule has 4 heteroatoms. The summed E-state index contributed by atoms with van der Waals surface area (Å²) in [5.74, 6) is 0.718. The van der Waals surface area contributed by atoms with Crippen molar-refractivity contribution in [1.82, 2.24) is 5.32 Å². The first-order chi connectivity index (χ1) is 10.7. The number of urea groups is 1. The molecule has 0 unspecified atom stereocenters. The average molecular weight is 298 g/mol. The van der Waals surface area contributed by atoms with E-state index in [0.29, 0.717) is 5.69 Å². The minimum Gasteiger partial charge on any atom is -0.497 e. The Morgan fingerprint density at radius 2 is 1.91 bits per heavy atom. The zero-order chi connectivity index (χ0) is 15.8. The molecule has 0 saturated carbocycles. The fourth-order valence-electron chi connectivity index (χ4n) is 2.19. The Hall–Kier alpha value is -2.49. The van der Waals surface area contributed by atoms with Crippen molar-refractivity contribution in [3.63, 3.8) is 0 Å². The number of amides is 2. The largest absolute Gasteiger partial charge is 0.497 e. The van der Waals surface area contributed by atoms with E-state index in [1.807, 2.05) is 43.3 Å². The van der Waals surface area contributed by atoms with Crippen LogP contribution in [0.2, 0.25) is 0 Å². The van der Waals surface area contributed by atoms with Crippen LogP contribution in [-0.4, -0.2) is 19.2 Å². The van der Waals surface area contributed by atoms with Crippen molar-refractivity contribution in [2.24, 2.45) is 0 Å². The van der Waals surface area contributed by atoms with E-state index in [4.69, 9.17) is 4.74 Å². The van der Waals surface area contributed by atoms with Gasteiger partial charge in [0.2, 0.25) is 0 Å². The van der Waals surface area contributed by atoms with Gasteiger partial charge in [-0.15, -0.1) is 0 Å².